The lowest BCUT2D eigenvalue weighted by Gasteiger charge is -2.11. The van der Waals surface area contributed by atoms with Crippen molar-refractivity contribution in [2.75, 3.05) is 0 Å². The Labute approximate surface area is 91.1 Å². The van der Waals surface area contributed by atoms with Crippen molar-refractivity contribution in [1.82, 2.24) is 9.78 Å². The van der Waals surface area contributed by atoms with Crippen molar-refractivity contribution in [1.29, 1.82) is 0 Å². The summed E-state index contributed by atoms with van der Waals surface area (Å²) in [4.78, 5) is 10.9. The molecule has 1 aromatic rings. The Morgan fingerprint density at radius 1 is 1.79 bits per heavy atom. The molecule has 1 atom stereocenters. The van der Waals surface area contributed by atoms with Crippen LogP contribution in [0, 0.1) is 0 Å². The molecular weight excluding hydrogens is 248 g/mol. The molecular formula is C9H13BrN2O2. The fourth-order valence-corrected chi connectivity index (χ4v) is 1.55. The quantitative estimate of drug-likeness (QED) is 0.885. The van der Waals surface area contributed by atoms with Gasteiger partial charge in [-0.05, 0) is 22.4 Å². The molecule has 0 spiro atoms. The minimum Gasteiger partial charge on any atom is -0.480 e. The van der Waals surface area contributed by atoms with E-state index in [4.69, 9.17) is 5.11 Å². The zero-order chi connectivity index (χ0) is 10.6. The second-order valence-electron chi connectivity index (χ2n) is 3.13. The van der Waals surface area contributed by atoms with E-state index in [1.165, 1.54) is 4.68 Å². The van der Waals surface area contributed by atoms with E-state index in [9.17, 15) is 4.79 Å². The molecule has 5 heteroatoms. The van der Waals surface area contributed by atoms with Gasteiger partial charge in [-0.25, -0.2) is 4.79 Å². The van der Waals surface area contributed by atoms with E-state index < -0.39 is 12.0 Å². The molecule has 78 valence electrons. The summed E-state index contributed by atoms with van der Waals surface area (Å²) in [7, 11) is 0. The third-order valence-corrected chi connectivity index (χ3v) is 2.42. The van der Waals surface area contributed by atoms with E-state index in [1.807, 2.05) is 6.92 Å². The molecule has 0 radical (unpaired) electrons. The van der Waals surface area contributed by atoms with Gasteiger partial charge in [-0.1, -0.05) is 19.8 Å². The van der Waals surface area contributed by atoms with Gasteiger partial charge in [-0.15, -0.1) is 0 Å². The van der Waals surface area contributed by atoms with E-state index in [0.717, 1.165) is 17.3 Å². The van der Waals surface area contributed by atoms with Gasteiger partial charge < -0.3 is 5.11 Å². The molecule has 1 N–H and O–H groups in total. The molecule has 0 aliphatic heterocycles. The summed E-state index contributed by atoms with van der Waals surface area (Å²) in [6.07, 6.45) is 5.80. The molecule has 0 saturated heterocycles. The van der Waals surface area contributed by atoms with E-state index >= 15 is 0 Å². The number of hydrogen-bond donors (Lipinski definition) is 1. The summed E-state index contributed by atoms with van der Waals surface area (Å²) >= 11 is 3.24. The lowest BCUT2D eigenvalue weighted by atomic mass is 10.1. The van der Waals surface area contributed by atoms with Crippen molar-refractivity contribution >= 4 is 21.9 Å². The zero-order valence-corrected chi connectivity index (χ0v) is 9.57. The summed E-state index contributed by atoms with van der Waals surface area (Å²) < 4.78 is 2.29. The fourth-order valence-electron chi connectivity index (χ4n) is 1.25. The van der Waals surface area contributed by atoms with Crippen molar-refractivity contribution in [3.63, 3.8) is 0 Å². The number of aromatic nitrogens is 2. The van der Waals surface area contributed by atoms with Crippen LogP contribution in [0.5, 0.6) is 0 Å². The minimum atomic E-state index is -0.825. The topological polar surface area (TPSA) is 55.1 Å². The van der Waals surface area contributed by atoms with Crippen LogP contribution in [-0.2, 0) is 4.79 Å². The number of aliphatic carboxylic acids is 1. The van der Waals surface area contributed by atoms with E-state index in [-0.39, 0.29) is 0 Å². The number of rotatable bonds is 5. The molecule has 1 heterocycles. The lowest BCUT2D eigenvalue weighted by Crippen LogP contribution is -2.19. The molecule has 4 nitrogen and oxygen atoms in total. The number of hydrogen-bond acceptors (Lipinski definition) is 2. The molecule has 0 aliphatic rings. The molecule has 0 bridgehead atoms. The van der Waals surface area contributed by atoms with Crippen LogP contribution in [0.3, 0.4) is 0 Å². The average molecular weight is 261 g/mol. The normalized spacial score (nSPS) is 12.7. The van der Waals surface area contributed by atoms with Gasteiger partial charge in [0.25, 0.3) is 0 Å². The number of nitrogens with zero attached hydrogens (tertiary/aromatic N) is 2. The van der Waals surface area contributed by atoms with Gasteiger partial charge in [0.1, 0.15) is 6.04 Å². The summed E-state index contributed by atoms with van der Waals surface area (Å²) in [5.41, 5.74) is 0. The SMILES string of the molecule is CCCCC(C(=O)O)n1cc(Br)cn1. The van der Waals surface area contributed by atoms with Gasteiger partial charge in [0.05, 0.1) is 10.7 Å². The second kappa shape index (κ2) is 5.14. The molecule has 14 heavy (non-hydrogen) atoms. The second-order valence-corrected chi connectivity index (χ2v) is 4.05. The van der Waals surface area contributed by atoms with Gasteiger partial charge >= 0.3 is 5.97 Å². The smallest absolute Gasteiger partial charge is 0.328 e. The molecule has 0 aromatic carbocycles. The zero-order valence-electron chi connectivity index (χ0n) is 7.98. The van der Waals surface area contributed by atoms with Crippen molar-refractivity contribution in [3.05, 3.63) is 16.9 Å². The molecule has 0 amide bonds. The Morgan fingerprint density at radius 3 is 2.93 bits per heavy atom. The predicted octanol–water partition coefficient (Wildman–Crippen LogP) is 2.46. The van der Waals surface area contributed by atoms with Gasteiger partial charge in [0.15, 0.2) is 0 Å². The first-order valence-electron chi connectivity index (χ1n) is 4.57. The highest BCUT2D eigenvalue weighted by molar-refractivity contribution is 9.10. The third-order valence-electron chi connectivity index (χ3n) is 2.01. The fraction of sp³-hybridized carbons (Fsp3) is 0.556. The van der Waals surface area contributed by atoms with Crippen LogP contribution in [0.4, 0.5) is 0 Å². The van der Waals surface area contributed by atoms with E-state index in [0.29, 0.717) is 6.42 Å². The van der Waals surface area contributed by atoms with E-state index in [1.54, 1.807) is 12.4 Å². The Hall–Kier alpha value is -0.840. The van der Waals surface area contributed by atoms with E-state index in [2.05, 4.69) is 21.0 Å². The number of unbranched alkanes of at least 4 members (excludes halogenated alkanes) is 1. The maximum atomic E-state index is 10.9. The van der Waals surface area contributed by atoms with Gasteiger partial charge in [0.2, 0.25) is 0 Å². The monoisotopic (exact) mass is 260 g/mol. The van der Waals surface area contributed by atoms with Crippen molar-refractivity contribution in [3.8, 4) is 0 Å². The van der Waals surface area contributed by atoms with Gasteiger partial charge in [-0.3, -0.25) is 4.68 Å². The Bertz CT molecular complexity index is 312. The first-order valence-corrected chi connectivity index (χ1v) is 5.37. The Kier molecular flexibility index (Phi) is 4.13. The Balaban J connectivity index is 2.72. The predicted molar refractivity (Wildman–Crippen MR) is 56.1 cm³/mol. The van der Waals surface area contributed by atoms with Crippen LogP contribution in [-0.4, -0.2) is 20.9 Å². The highest BCUT2D eigenvalue weighted by Gasteiger charge is 2.19. The standard InChI is InChI=1S/C9H13BrN2O2/c1-2-3-4-8(9(13)14)12-6-7(10)5-11-12/h5-6,8H,2-4H2,1H3,(H,13,14). The molecule has 1 unspecified atom stereocenters. The van der Waals surface area contributed by atoms with Crippen LogP contribution in [0.1, 0.15) is 32.2 Å². The summed E-state index contributed by atoms with van der Waals surface area (Å²) in [5.74, 6) is -0.825. The first-order chi connectivity index (χ1) is 6.65. The summed E-state index contributed by atoms with van der Waals surface area (Å²) in [6, 6.07) is -0.541. The average Bonchev–Trinajstić information content (AvgIpc) is 2.52. The third kappa shape index (κ3) is 2.83. The van der Waals surface area contributed by atoms with Crippen LogP contribution < -0.4 is 0 Å². The molecule has 1 rings (SSSR count). The number of carboxylic acids is 1. The molecule has 0 fully saturated rings. The molecule has 1 aromatic heterocycles. The maximum absolute atomic E-state index is 10.9. The highest BCUT2D eigenvalue weighted by atomic mass is 79.9. The summed E-state index contributed by atoms with van der Waals surface area (Å²) in [5, 5.41) is 13.0. The number of carboxylic acid groups (broad SMARTS) is 1. The van der Waals surface area contributed by atoms with Crippen LogP contribution in [0.15, 0.2) is 16.9 Å². The Morgan fingerprint density at radius 2 is 2.50 bits per heavy atom. The van der Waals surface area contributed by atoms with Crippen molar-refractivity contribution in [2.24, 2.45) is 0 Å². The largest absolute Gasteiger partial charge is 0.480 e. The van der Waals surface area contributed by atoms with Crippen LogP contribution in [0.25, 0.3) is 0 Å². The number of halogens is 1. The molecule has 0 aliphatic carbocycles. The molecule has 0 saturated carbocycles. The van der Waals surface area contributed by atoms with Gasteiger partial charge in [0, 0.05) is 6.20 Å². The highest BCUT2D eigenvalue weighted by Crippen LogP contribution is 2.17. The van der Waals surface area contributed by atoms with Crippen LogP contribution in [0.2, 0.25) is 0 Å². The minimum absolute atomic E-state index is 0.541. The van der Waals surface area contributed by atoms with Crippen molar-refractivity contribution < 1.29 is 9.90 Å². The van der Waals surface area contributed by atoms with Crippen LogP contribution >= 0.6 is 15.9 Å². The first kappa shape index (κ1) is 11.2. The lowest BCUT2D eigenvalue weighted by molar-refractivity contribution is -0.141. The van der Waals surface area contributed by atoms with Gasteiger partial charge in [-0.2, -0.15) is 5.10 Å². The van der Waals surface area contributed by atoms with Crippen molar-refractivity contribution in [2.45, 2.75) is 32.2 Å². The summed E-state index contributed by atoms with van der Waals surface area (Å²) in [6.45, 7) is 2.04. The maximum Gasteiger partial charge on any atom is 0.328 e. The number of carbonyl (C=O) groups is 1.